The van der Waals surface area contributed by atoms with Gasteiger partial charge in [-0.1, -0.05) is 25.1 Å². The number of nitrogens with zero attached hydrogens (tertiary/aromatic N) is 1. The lowest BCUT2D eigenvalue weighted by molar-refractivity contribution is -0.163. The molecule has 186 valence electrons. The van der Waals surface area contributed by atoms with Gasteiger partial charge in [0.15, 0.2) is 0 Å². The summed E-state index contributed by atoms with van der Waals surface area (Å²) in [6.07, 6.45) is 2.38. The number of benzene rings is 2. The van der Waals surface area contributed by atoms with Gasteiger partial charge in [0.2, 0.25) is 6.29 Å². The van der Waals surface area contributed by atoms with E-state index in [2.05, 4.69) is 25.2 Å². The molecule has 2 aromatic carbocycles. The van der Waals surface area contributed by atoms with E-state index in [1.807, 2.05) is 43.3 Å². The van der Waals surface area contributed by atoms with Crippen LogP contribution in [0.5, 0.6) is 5.75 Å². The van der Waals surface area contributed by atoms with Crippen LogP contribution in [0.25, 0.3) is 11.1 Å². The second-order valence-corrected chi connectivity index (χ2v) is 10.6. The van der Waals surface area contributed by atoms with Crippen molar-refractivity contribution in [2.45, 2.75) is 64.9 Å². The van der Waals surface area contributed by atoms with E-state index < -0.39 is 11.6 Å². The second kappa shape index (κ2) is 8.86. The van der Waals surface area contributed by atoms with E-state index in [0.29, 0.717) is 25.3 Å². The van der Waals surface area contributed by atoms with Crippen LogP contribution in [-0.2, 0) is 11.3 Å². The van der Waals surface area contributed by atoms with Crippen molar-refractivity contribution >= 4 is 12.0 Å². The summed E-state index contributed by atoms with van der Waals surface area (Å²) < 4.78 is 12.5. The van der Waals surface area contributed by atoms with Crippen LogP contribution in [-0.4, -0.2) is 46.9 Å². The fourth-order valence-electron chi connectivity index (χ4n) is 5.73. The van der Waals surface area contributed by atoms with Crippen LogP contribution in [0.15, 0.2) is 42.5 Å². The number of carbonyl (C=O) groups excluding carboxylic acids is 1. The highest BCUT2D eigenvalue weighted by Crippen LogP contribution is 2.60. The van der Waals surface area contributed by atoms with Gasteiger partial charge >= 0.3 is 6.09 Å². The van der Waals surface area contributed by atoms with Crippen LogP contribution in [0.3, 0.4) is 0 Å². The number of hydrogen-bond donors (Lipinski definition) is 2. The van der Waals surface area contributed by atoms with Crippen LogP contribution in [0.2, 0.25) is 0 Å². The number of rotatable bonds is 5. The van der Waals surface area contributed by atoms with Crippen molar-refractivity contribution in [3.8, 4) is 16.9 Å². The number of carbonyl (C=O) groups is 2. The highest BCUT2D eigenvalue weighted by Gasteiger charge is 2.60. The summed E-state index contributed by atoms with van der Waals surface area (Å²) in [6, 6.07) is 13.7. The first-order valence-electron chi connectivity index (χ1n) is 12.5. The largest absolute Gasteiger partial charge is 0.465 e. The lowest BCUT2D eigenvalue weighted by Gasteiger charge is -2.51. The van der Waals surface area contributed by atoms with Gasteiger partial charge in [0.05, 0.1) is 6.61 Å². The summed E-state index contributed by atoms with van der Waals surface area (Å²) in [5, 5.41) is 12.6. The van der Waals surface area contributed by atoms with E-state index in [9.17, 15) is 14.7 Å². The van der Waals surface area contributed by atoms with Crippen LogP contribution < -0.4 is 10.1 Å². The molecule has 3 unspecified atom stereocenters. The van der Waals surface area contributed by atoms with Gasteiger partial charge in [0.25, 0.3) is 5.91 Å². The number of ether oxygens (including phenoxy) is 2. The maximum Gasteiger partial charge on any atom is 0.407 e. The van der Waals surface area contributed by atoms with Gasteiger partial charge in [0, 0.05) is 35.7 Å². The van der Waals surface area contributed by atoms with Gasteiger partial charge in [-0.2, -0.15) is 0 Å². The first kappa shape index (κ1) is 23.7. The summed E-state index contributed by atoms with van der Waals surface area (Å²) in [6.45, 7) is 7.77. The van der Waals surface area contributed by atoms with E-state index in [0.717, 1.165) is 48.1 Å². The predicted octanol–water partition coefficient (Wildman–Crippen LogP) is 5.29. The van der Waals surface area contributed by atoms with Crippen molar-refractivity contribution in [1.29, 1.82) is 0 Å². The average molecular weight is 479 g/mol. The Morgan fingerprint density at radius 1 is 1.11 bits per heavy atom. The van der Waals surface area contributed by atoms with E-state index in [1.165, 1.54) is 0 Å². The molecule has 3 aliphatic rings. The van der Waals surface area contributed by atoms with Crippen molar-refractivity contribution in [2.24, 2.45) is 11.3 Å². The van der Waals surface area contributed by atoms with Crippen molar-refractivity contribution in [1.82, 2.24) is 10.2 Å². The monoisotopic (exact) mass is 478 g/mol. The van der Waals surface area contributed by atoms with Gasteiger partial charge in [-0.05, 0) is 80.3 Å². The van der Waals surface area contributed by atoms with Crippen LogP contribution in [0.1, 0.15) is 62.4 Å². The van der Waals surface area contributed by atoms with Crippen LogP contribution in [0.4, 0.5) is 4.79 Å². The molecule has 2 heterocycles. The maximum absolute atomic E-state index is 12.0. The quantitative estimate of drug-likeness (QED) is 0.610. The first-order chi connectivity index (χ1) is 16.7. The lowest BCUT2D eigenvalue weighted by Crippen LogP contribution is -2.60. The van der Waals surface area contributed by atoms with Crippen molar-refractivity contribution in [3.05, 3.63) is 53.6 Å². The normalized spacial score (nSPS) is 26.9. The molecular formula is C28H34N2O5. The minimum absolute atomic E-state index is 0.0261. The lowest BCUT2D eigenvalue weighted by atomic mass is 9.71. The Labute approximate surface area is 206 Å². The van der Waals surface area contributed by atoms with Gasteiger partial charge in [-0.3, -0.25) is 4.79 Å². The molecule has 35 heavy (non-hydrogen) atoms. The number of likely N-dealkylation sites (tertiary alicyclic amines) is 1. The average Bonchev–Trinajstić information content (AvgIpc) is 3.62. The van der Waals surface area contributed by atoms with Gasteiger partial charge in [0.1, 0.15) is 5.75 Å². The molecule has 2 fully saturated rings. The number of amides is 2. The third kappa shape index (κ3) is 4.27. The Bertz CT molecular complexity index is 1130. The predicted molar refractivity (Wildman–Crippen MR) is 132 cm³/mol. The molecule has 7 nitrogen and oxygen atoms in total. The first-order valence-corrected chi connectivity index (χ1v) is 12.5. The minimum Gasteiger partial charge on any atom is -0.465 e. The third-order valence-corrected chi connectivity index (χ3v) is 8.42. The summed E-state index contributed by atoms with van der Waals surface area (Å²) in [5.74, 6) is 0.893. The molecule has 2 aromatic rings. The molecule has 1 aliphatic carbocycles. The Morgan fingerprint density at radius 2 is 1.83 bits per heavy atom. The number of nitrogens with one attached hydrogen (secondary N) is 1. The summed E-state index contributed by atoms with van der Waals surface area (Å²) >= 11 is 0. The van der Waals surface area contributed by atoms with Crippen molar-refractivity contribution in [2.75, 3.05) is 13.1 Å². The third-order valence-electron chi connectivity index (χ3n) is 8.42. The molecule has 0 spiro atoms. The van der Waals surface area contributed by atoms with E-state index >= 15 is 0 Å². The van der Waals surface area contributed by atoms with Crippen molar-refractivity contribution in [3.63, 3.8) is 0 Å². The highest BCUT2D eigenvalue weighted by molar-refractivity contribution is 5.94. The molecule has 0 radical (unpaired) electrons. The van der Waals surface area contributed by atoms with Gasteiger partial charge in [-0.25, -0.2) is 4.79 Å². The van der Waals surface area contributed by atoms with Gasteiger partial charge < -0.3 is 24.8 Å². The maximum atomic E-state index is 12.0. The molecule has 1 saturated heterocycles. The summed E-state index contributed by atoms with van der Waals surface area (Å²) in [7, 11) is 0. The molecule has 7 heteroatoms. The SMILES string of the molecule is CCNC(=O)c1ccc(-c2ccc3c(c2)COC(C2CCN(C(=O)O)C(C)(C4(C)CC4)C2)O3)cc1. The second-order valence-electron chi connectivity index (χ2n) is 10.6. The Balaban J connectivity index is 1.30. The van der Waals surface area contributed by atoms with E-state index in [1.54, 1.807) is 4.90 Å². The van der Waals surface area contributed by atoms with Crippen LogP contribution >= 0.6 is 0 Å². The number of piperidine rings is 1. The molecule has 2 N–H and O–H groups in total. The smallest absolute Gasteiger partial charge is 0.407 e. The summed E-state index contributed by atoms with van der Waals surface area (Å²) in [4.78, 5) is 25.6. The minimum atomic E-state index is -0.832. The molecule has 5 rings (SSSR count). The molecule has 1 saturated carbocycles. The van der Waals surface area contributed by atoms with E-state index in [-0.39, 0.29) is 23.5 Å². The molecule has 0 bridgehead atoms. The standard InChI is InChI=1S/C28H34N2O5/c1-4-29-24(31)19-7-5-18(6-8-19)20-9-10-23-22(15-20)17-34-25(35-23)21-11-14-30(26(32)33)28(3,16-21)27(2)12-13-27/h5-10,15,21,25H,4,11-14,16-17H2,1-3H3,(H,29,31)(H,32,33). The summed E-state index contributed by atoms with van der Waals surface area (Å²) in [5.41, 5.74) is 3.32. The van der Waals surface area contributed by atoms with Crippen LogP contribution in [0, 0.1) is 11.3 Å². The Morgan fingerprint density at radius 3 is 2.49 bits per heavy atom. The highest BCUT2D eigenvalue weighted by atomic mass is 16.7. The van der Waals surface area contributed by atoms with Gasteiger partial charge in [-0.15, -0.1) is 0 Å². The fraction of sp³-hybridized carbons (Fsp3) is 0.500. The zero-order valence-electron chi connectivity index (χ0n) is 20.7. The molecule has 3 atom stereocenters. The molecular weight excluding hydrogens is 444 g/mol. The molecule has 0 aromatic heterocycles. The molecule has 2 amide bonds. The topological polar surface area (TPSA) is 88.1 Å². The number of carboxylic acid groups (broad SMARTS) is 1. The van der Waals surface area contributed by atoms with E-state index in [4.69, 9.17) is 9.47 Å². The number of hydrogen-bond acceptors (Lipinski definition) is 4. The van der Waals surface area contributed by atoms with Crippen molar-refractivity contribution < 1.29 is 24.2 Å². The fourth-order valence-corrected chi connectivity index (χ4v) is 5.73. The number of fused-ring (bicyclic) bond motifs is 1. The zero-order valence-corrected chi connectivity index (χ0v) is 20.7. The Kier molecular flexibility index (Phi) is 5.99. The zero-order chi connectivity index (χ0) is 24.8. The molecule has 2 aliphatic heterocycles. The Hall–Kier alpha value is -3.06.